The van der Waals surface area contributed by atoms with E-state index in [2.05, 4.69) is 10.5 Å². The third-order valence-electron chi connectivity index (χ3n) is 3.25. The molecular formula is C15H12N4O7. The number of hydrogen-bond donors (Lipinski definition) is 3. The zero-order chi connectivity index (χ0) is 19.3. The van der Waals surface area contributed by atoms with Crippen LogP contribution in [-0.2, 0) is 11.2 Å². The molecule has 0 aliphatic carbocycles. The van der Waals surface area contributed by atoms with Crippen LogP contribution in [-0.4, -0.2) is 31.7 Å². The highest BCUT2D eigenvalue weighted by atomic mass is 16.6. The number of rotatable bonds is 7. The number of nitrogens with zero attached hydrogens (tertiary/aromatic N) is 3. The lowest BCUT2D eigenvalue weighted by Crippen LogP contribution is -2.18. The Labute approximate surface area is 145 Å². The molecule has 2 aromatic rings. The van der Waals surface area contributed by atoms with Gasteiger partial charge in [0, 0.05) is 12.5 Å². The molecule has 2 aromatic carbocycles. The molecule has 0 atom stereocenters. The molecule has 0 heterocycles. The first kappa shape index (κ1) is 18.3. The number of non-ortho nitro benzene ring substituents is 1. The molecule has 0 spiro atoms. The Morgan fingerprint density at radius 1 is 1.08 bits per heavy atom. The molecule has 11 heteroatoms. The smallest absolute Gasteiger partial charge is 0.352 e. The summed E-state index contributed by atoms with van der Waals surface area (Å²) < 4.78 is 0. The van der Waals surface area contributed by atoms with Gasteiger partial charge in [-0.05, 0) is 23.8 Å². The van der Waals surface area contributed by atoms with Crippen molar-refractivity contribution in [3.8, 4) is 5.75 Å². The zero-order valence-corrected chi connectivity index (χ0v) is 13.0. The Hall–Kier alpha value is -4.02. The van der Waals surface area contributed by atoms with E-state index in [4.69, 9.17) is 0 Å². The molecule has 26 heavy (non-hydrogen) atoms. The van der Waals surface area contributed by atoms with E-state index in [1.54, 1.807) is 0 Å². The van der Waals surface area contributed by atoms with Gasteiger partial charge in [0.2, 0.25) is 0 Å². The van der Waals surface area contributed by atoms with E-state index in [-0.39, 0.29) is 23.6 Å². The first-order valence-corrected chi connectivity index (χ1v) is 7.04. The Morgan fingerprint density at radius 3 is 2.27 bits per heavy atom. The van der Waals surface area contributed by atoms with Crippen LogP contribution in [0, 0.1) is 20.2 Å². The van der Waals surface area contributed by atoms with Gasteiger partial charge in [0.05, 0.1) is 15.9 Å². The predicted molar refractivity (Wildman–Crippen MR) is 90.3 cm³/mol. The summed E-state index contributed by atoms with van der Waals surface area (Å²) in [7, 11) is 0. The van der Waals surface area contributed by atoms with E-state index in [0.717, 1.165) is 18.2 Å². The maximum absolute atomic E-state index is 11.3. The Morgan fingerprint density at radius 2 is 1.73 bits per heavy atom. The molecule has 0 saturated heterocycles. The number of nitro benzene ring substituents is 2. The largest absolute Gasteiger partial charge is 0.508 e. The molecule has 0 saturated carbocycles. The lowest BCUT2D eigenvalue weighted by atomic mass is 10.1. The number of carboxylic acid groups (broad SMARTS) is 1. The number of carboxylic acids is 1. The first-order valence-electron chi connectivity index (χ1n) is 7.04. The second-order valence-corrected chi connectivity index (χ2v) is 5.03. The van der Waals surface area contributed by atoms with Gasteiger partial charge >= 0.3 is 11.7 Å². The molecule has 0 bridgehead atoms. The highest BCUT2D eigenvalue weighted by Gasteiger charge is 2.20. The van der Waals surface area contributed by atoms with Crippen molar-refractivity contribution >= 4 is 28.7 Å². The van der Waals surface area contributed by atoms with Gasteiger partial charge in [0.1, 0.15) is 17.1 Å². The van der Waals surface area contributed by atoms with Gasteiger partial charge in [-0.25, -0.2) is 4.79 Å². The third-order valence-corrected chi connectivity index (χ3v) is 3.25. The fourth-order valence-corrected chi connectivity index (χ4v) is 1.98. The number of anilines is 1. The number of benzene rings is 2. The molecule has 11 nitrogen and oxygen atoms in total. The predicted octanol–water partition coefficient (Wildman–Crippen LogP) is 2.30. The zero-order valence-electron chi connectivity index (χ0n) is 13.0. The fraction of sp³-hybridized carbons (Fsp3) is 0.0667. The Kier molecular flexibility index (Phi) is 5.43. The average molecular weight is 360 g/mol. The van der Waals surface area contributed by atoms with Crippen LogP contribution in [0.1, 0.15) is 5.56 Å². The lowest BCUT2D eigenvalue weighted by molar-refractivity contribution is -0.393. The van der Waals surface area contributed by atoms with Crippen LogP contribution in [0.15, 0.2) is 47.6 Å². The number of aromatic hydroxyl groups is 1. The van der Waals surface area contributed by atoms with Crippen LogP contribution in [0.25, 0.3) is 0 Å². The van der Waals surface area contributed by atoms with Crippen molar-refractivity contribution in [3.05, 3.63) is 68.3 Å². The van der Waals surface area contributed by atoms with Gasteiger partial charge in [0.25, 0.3) is 5.69 Å². The molecule has 0 amide bonds. The minimum absolute atomic E-state index is 0.0159. The number of nitrogens with one attached hydrogen (secondary N) is 1. The number of phenolic OH excluding ortho intramolecular Hbond substituents is 1. The third kappa shape index (κ3) is 4.50. The molecule has 3 N–H and O–H groups in total. The van der Waals surface area contributed by atoms with Crippen LogP contribution < -0.4 is 5.43 Å². The summed E-state index contributed by atoms with van der Waals surface area (Å²) in [5.41, 5.74) is 1.19. The summed E-state index contributed by atoms with van der Waals surface area (Å²) in [6.45, 7) is 0. The summed E-state index contributed by atoms with van der Waals surface area (Å²) in [5.74, 6) is -1.34. The van der Waals surface area contributed by atoms with Crippen molar-refractivity contribution in [3.63, 3.8) is 0 Å². The van der Waals surface area contributed by atoms with Crippen molar-refractivity contribution in [2.24, 2.45) is 5.10 Å². The highest BCUT2D eigenvalue weighted by Crippen LogP contribution is 2.29. The van der Waals surface area contributed by atoms with Gasteiger partial charge in [0.15, 0.2) is 0 Å². The fourth-order valence-electron chi connectivity index (χ4n) is 1.98. The van der Waals surface area contributed by atoms with E-state index in [1.807, 2.05) is 0 Å². The second kappa shape index (κ2) is 7.70. The molecule has 0 unspecified atom stereocenters. The first-order chi connectivity index (χ1) is 12.3. The molecule has 2 rings (SSSR count). The Bertz CT molecular complexity index is 893. The van der Waals surface area contributed by atoms with Crippen LogP contribution in [0.2, 0.25) is 0 Å². The molecule has 0 aromatic heterocycles. The van der Waals surface area contributed by atoms with Gasteiger partial charge < -0.3 is 10.2 Å². The van der Waals surface area contributed by atoms with E-state index in [1.165, 1.54) is 24.3 Å². The van der Waals surface area contributed by atoms with Crippen LogP contribution in [0.3, 0.4) is 0 Å². The van der Waals surface area contributed by atoms with E-state index >= 15 is 0 Å². The normalized spacial score (nSPS) is 11.0. The van der Waals surface area contributed by atoms with Crippen molar-refractivity contribution in [1.82, 2.24) is 0 Å². The molecule has 0 aliphatic heterocycles. The standard InChI is InChI=1S/C15H12N4O7/c20-11-4-1-9(2-5-11)7-13(15(21)22)17-16-12-6-3-10(18(23)24)8-14(12)19(25)26/h1-6,8,16,20H,7H2,(H,21,22). The molecule has 134 valence electrons. The van der Waals surface area contributed by atoms with Gasteiger partial charge in [-0.2, -0.15) is 5.10 Å². The lowest BCUT2D eigenvalue weighted by Gasteiger charge is -2.05. The van der Waals surface area contributed by atoms with Crippen LogP contribution in [0.4, 0.5) is 17.1 Å². The van der Waals surface area contributed by atoms with E-state index < -0.39 is 27.2 Å². The van der Waals surface area contributed by atoms with E-state index in [0.29, 0.717) is 5.56 Å². The SMILES string of the molecule is O=C(O)C(Cc1ccc(O)cc1)=NNc1ccc([N+](=O)[O-])cc1[N+](=O)[O-]. The number of carbonyl (C=O) groups is 1. The van der Waals surface area contributed by atoms with Gasteiger partial charge in [-0.1, -0.05) is 12.1 Å². The van der Waals surface area contributed by atoms with Gasteiger partial charge in [-0.15, -0.1) is 0 Å². The topological polar surface area (TPSA) is 168 Å². The second-order valence-electron chi connectivity index (χ2n) is 5.03. The quantitative estimate of drug-likeness (QED) is 0.384. The summed E-state index contributed by atoms with van der Waals surface area (Å²) in [6.07, 6.45) is -0.108. The number of nitro groups is 2. The van der Waals surface area contributed by atoms with Crippen molar-refractivity contribution in [1.29, 1.82) is 0 Å². The van der Waals surface area contributed by atoms with Crippen LogP contribution in [0.5, 0.6) is 5.75 Å². The number of aliphatic carboxylic acids is 1. The van der Waals surface area contributed by atoms with Crippen LogP contribution >= 0.6 is 0 Å². The van der Waals surface area contributed by atoms with E-state index in [9.17, 15) is 35.2 Å². The minimum Gasteiger partial charge on any atom is -0.508 e. The summed E-state index contributed by atoms with van der Waals surface area (Å²) in [4.78, 5) is 31.4. The summed E-state index contributed by atoms with van der Waals surface area (Å²) in [6, 6.07) is 8.61. The molecular weight excluding hydrogens is 348 g/mol. The molecule has 0 fully saturated rings. The highest BCUT2D eigenvalue weighted by molar-refractivity contribution is 6.36. The number of hydrazone groups is 1. The number of phenols is 1. The monoisotopic (exact) mass is 360 g/mol. The molecule has 0 aliphatic rings. The van der Waals surface area contributed by atoms with Gasteiger partial charge in [-0.3, -0.25) is 25.7 Å². The maximum Gasteiger partial charge on any atom is 0.352 e. The van der Waals surface area contributed by atoms with Crippen molar-refractivity contribution in [2.45, 2.75) is 6.42 Å². The average Bonchev–Trinajstić information content (AvgIpc) is 2.59. The Balaban J connectivity index is 2.29. The maximum atomic E-state index is 11.3. The van der Waals surface area contributed by atoms with Crippen molar-refractivity contribution in [2.75, 3.05) is 5.43 Å². The summed E-state index contributed by atoms with van der Waals surface area (Å²) in [5, 5.41) is 43.9. The molecule has 0 radical (unpaired) electrons. The summed E-state index contributed by atoms with van der Waals surface area (Å²) >= 11 is 0. The number of hydrogen-bond acceptors (Lipinski definition) is 8. The van der Waals surface area contributed by atoms with Crippen molar-refractivity contribution < 1.29 is 24.9 Å². The minimum atomic E-state index is -1.35.